The van der Waals surface area contributed by atoms with Crippen molar-refractivity contribution in [2.75, 3.05) is 32.7 Å². The number of nitrogens with two attached hydrogens (primary N) is 7. The number of phenols is 1. The van der Waals surface area contributed by atoms with Gasteiger partial charge in [-0.2, -0.15) is 0 Å². The number of rotatable bonds is 34. The van der Waals surface area contributed by atoms with Crippen molar-refractivity contribution in [2.24, 2.45) is 55.1 Å². The van der Waals surface area contributed by atoms with E-state index in [1.807, 2.05) is 0 Å². The van der Waals surface area contributed by atoms with Crippen LogP contribution in [0.3, 0.4) is 0 Å². The summed E-state index contributed by atoms with van der Waals surface area (Å²) in [4.78, 5) is 106. The van der Waals surface area contributed by atoms with E-state index in [2.05, 4.69) is 46.9 Å². The summed E-state index contributed by atoms with van der Waals surface area (Å²) in [7, 11) is 0. The zero-order chi connectivity index (χ0) is 53.5. The minimum atomic E-state index is -1.75. The van der Waals surface area contributed by atoms with Crippen molar-refractivity contribution >= 4 is 59.3 Å². The van der Waals surface area contributed by atoms with Crippen molar-refractivity contribution in [3.8, 4) is 5.75 Å². The number of carbonyl (C=O) groups excluding carboxylic acids is 6. The number of hydroxylamine groups is 2. The number of hydrogen-bond donors (Lipinski definition) is 20. The van der Waals surface area contributed by atoms with E-state index in [9.17, 15) is 48.9 Å². The Morgan fingerprint density at radius 1 is 0.549 bits per heavy atom. The number of nitrogens with one attached hydrogen (secondary N) is 8. The highest BCUT2D eigenvalue weighted by Crippen LogP contribution is 2.13. The first-order chi connectivity index (χ1) is 33.7. The molecule has 0 spiro atoms. The number of aliphatic hydroxyl groups excluding tert-OH is 1. The van der Waals surface area contributed by atoms with Gasteiger partial charge in [-0.05, 0) is 102 Å². The van der Waals surface area contributed by atoms with Crippen LogP contribution in [0.25, 0.3) is 0 Å². The largest absolute Gasteiger partial charge is 0.508 e. The van der Waals surface area contributed by atoms with Crippen molar-refractivity contribution < 1.29 is 59.3 Å². The van der Waals surface area contributed by atoms with Crippen LogP contribution in [0.15, 0.2) is 39.2 Å². The molecule has 0 aromatic heterocycles. The Labute approximate surface area is 410 Å². The molecule has 0 aliphatic rings. The van der Waals surface area contributed by atoms with E-state index in [1.165, 1.54) is 31.2 Å². The molecule has 0 fully saturated rings. The van der Waals surface area contributed by atoms with Gasteiger partial charge >= 0.3 is 5.97 Å². The number of carboxylic acids is 1. The van der Waals surface area contributed by atoms with E-state index in [-0.39, 0.29) is 121 Å². The highest BCUT2D eigenvalue weighted by molar-refractivity contribution is 5.97. The third-order valence-corrected chi connectivity index (χ3v) is 10.4. The first kappa shape index (κ1) is 61.9. The third-order valence-electron chi connectivity index (χ3n) is 10.4. The van der Waals surface area contributed by atoms with E-state index in [0.717, 1.165) is 0 Å². The van der Waals surface area contributed by atoms with Gasteiger partial charge in [0.2, 0.25) is 47.4 Å². The van der Waals surface area contributed by atoms with Crippen molar-refractivity contribution in [2.45, 2.75) is 126 Å². The summed E-state index contributed by atoms with van der Waals surface area (Å²) >= 11 is 0. The fraction of sp³-hybridized carbons (Fsp3) is 0.610. The molecule has 6 amide bonds. The number of aromatic hydroxyl groups is 1. The Morgan fingerprint density at radius 3 is 1.34 bits per heavy atom. The molecule has 8 atom stereocenters. The summed E-state index contributed by atoms with van der Waals surface area (Å²) in [6, 6.07) is -4.28. The van der Waals surface area contributed by atoms with Gasteiger partial charge in [0.15, 0.2) is 5.96 Å². The molecule has 30 nitrogen and oxygen atoms in total. The standard InChI is InChI=1S/C41H74N18O12/c1-22(60)31(57-36(66)27(9-3-17-43)53-34(64)28(10-5-19-50-40(47)58-70)52-32(62)25(44)7-4-18-49-39(45)46)37(67)55-26(8-2-16-42)33(63)54-29(11-6-20-51-41(48)59-71)35(65)56-30(38(68)69)21-23-12-14-24(61)15-13-23/h12-15,22,25-31,60-61,70-71H,2-11,16-21,42-44H2,1H3,(H,52,62)(H,53,64)(H,54,63)(H,55,67)(H,56,65)(H,57,66)(H,68,69)(H4,45,46,49)(H3,47,50,58)(H3,48,51,59)/t22-,25-,26-,27-,28+,29+,30-,31+/m1/s1. The summed E-state index contributed by atoms with van der Waals surface area (Å²) in [5.41, 5.74) is 42.9. The van der Waals surface area contributed by atoms with E-state index >= 15 is 0 Å². The monoisotopic (exact) mass is 1010 g/mol. The topological polar surface area (TPSA) is 536 Å². The number of nitrogens with zero attached hydrogens (tertiary/aromatic N) is 3. The predicted octanol–water partition coefficient (Wildman–Crippen LogP) is -6.69. The van der Waals surface area contributed by atoms with Crippen LogP contribution in [0, 0.1) is 0 Å². The predicted molar refractivity (Wildman–Crippen MR) is 258 cm³/mol. The van der Waals surface area contributed by atoms with E-state index in [1.54, 1.807) is 11.0 Å². The molecule has 71 heavy (non-hydrogen) atoms. The average Bonchev–Trinajstić information content (AvgIpc) is 3.33. The van der Waals surface area contributed by atoms with E-state index in [4.69, 9.17) is 50.6 Å². The maximum atomic E-state index is 13.9. The molecule has 0 unspecified atom stereocenters. The number of phenolic OH excluding ortho intramolecular Hbond substituents is 1. The minimum Gasteiger partial charge on any atom is -0.508 e. The molecule has 1 rings (SSSR count). The Morgan fingerprint density at radius 2 is 0.930 bits per heavy atom. The van der Waals surface area contributed by atoms with Crippen LogP contribution in [0.5, 0.6) is 5.75 Å². The van der Waals surface area contributed by atoms with Gasteiger partial charge in [0.25, 0.3) is 0 Å². The van der Waals surface area contributed by atoms with Crippen LogP contribution in [0.2, 0.25) is 0 Å². The van der Waals surface area contributed by atoms with Crippen molar-refractivity contribution in [3.63, 3.8) is 0 Å². The molecule has 1 aromatic carbocycles. The normalized spacial score (nSPS) is 14.9. The molecule has 0 aliphatic carbocycles. The molecule has 0 saturated heterocycles. The van der Waals surface area contributed by atoms with Gasteiger partial charge in [0.05, 0.1) is 12.1 Å². The zero-order valence-electron chi connectivity index (χ0n) is 39.7. The van der Waals surface area contributed by atoms with E-state index < -0.39 is 89.8 Å². The summed E-state index contributed by atoms with van der Waals surface area (Å²) < 4.78 is 0. The number of amides is 6. The fourth-order valence-electron chi connectivity index (χ4n) is 6.51. The van der Waals surface area contributed by atoms with Gasteiger partial charge in [0, 0.05) is 26.1 Å². The number of aliphatic imine (C=N–C) groups is 3. The van der Waals surface area contributed by atoms with E-state index in [0.29, 0.717) is 12.0 Å². The lowest BCUT2D eigenvalue weighted by atomic mass is 10.0. The molecule has 0 aliphatic heterocycles. The average molecular weight is 1010 g/mol. The molecule has 0 saturated carbocycles. The number of aliphatic carboxylic acids is 1. The Hall–Kier alpha value is -7.12. The van der Waals surface area contributed by atoms with Gasteiger partial charge in [-0.25, -0.2) is 15.8 Å². The van der Waals surface area contributed by atoms with Crippen LogP contribution in [-0.4, -0.2) is 166 Å². The van der Waals surface area contributed by atoms with Crippen LogP contribution < -0.4 is 83.0 Å². The van der Waals surface area contributed by atoms with Gasteiger partial charge < -0.3 is 87.4 Å². The molecular weight excluding hydrogens is 937 g/mol. The highest BCUT2D eigenvalue weighted by atomic mass is 16.5. The molecule has 1 aromatic rings. The first-order valence-electron chi connectivity index (χ1n) is 22.8. The van der Waals surface area contributed by atoms with Crippen molar-refractivity contribution in [1.82, 2.24) is 42.9 Å². The molecule has 0 heterocycles. The second kappa shape index (κ2) is 34.2. The zero-order valence-corrected chi connectivity index (χ0v) is 39.7. The Kier molecular flexibility index (Phi) is 29.8. The quantitative estimate of drug-likeness (QED) is 0.0132. The molecule has 30 heteroatoms. The number of benzene rings is 1. The minimum absolute atomic E-state index is 0.00523. The number of aliphatic hydroxyl groups is 1. The molecule has 0 radical (unpaired) electrons. The SMILES string of the molecule is C[C@@H](O)[C@H](NC(=O)[C@@H](CCCN)NC(=O)[C@H](CCCN=C(N)NO)NC(=O)[C@H](N)CCCN=C(N)N)C(=O)N[C@H](CCCN)C(=O)N[C@@H](CCCN=C(N)NO)C(=O)N[C@H](Cc1ccc(O)cc1)C(=O)O. The number of carboxylic acid groups (broad SMARTS) is 1. The number of hydrogen-bond acceptors (Lipinski definition) is 17. The molecule has 0 bridgehead atoms. The smallest absolute Gasteiger partial charge is 0.326 e. The molecule has 27 N–H and O–H groups in total. The lowest BCUT2D eigenvalue weighted by Gasteiger charge is -2.28. The lowest BCUT2D eigenvalue weighted by molar-refractivity contribution is -0.142. The summed E-state index contributed by atoms with van der Waals surface area (Å²) in [6.45, 7) is 1.44. The Balaban J connectivity index is 3.39. The second-order valence-corrected chi connectivity index (χ2v) is 16.2. The highest BCUT2D eigenvalue weighted by Gasteiger charge is 2.35. The first-order valence-corrected chi connectivity index (χ1v) is 22.8. The van der Waals surface area contributed by atoms with Gasteiger partial charge in [-0.15, -0.1) is 0 Å². The summed E-state index contributed by atoms with van der Waals surface area (Å²) in [5.74, 6) is -7.68. The Bertz CT molecular complexity index is 1940. The maximum Gasteiger partial charge on any atom is 0.326 e. The third kappa shape index (κ3) is 25.4. The van der Waals surface area contributed by atoms with Crippen LogP contribution in [-0.2, 0) is 40.0 Å². The summed E-state index contributed by atoms with van der Waals surface area (Å²) in [6.07, 6.45) is -1.17. The van der Waals surface area contributed by atoms with Crippen LogP contribution >= 0.6 is 0 Å². The maximum absolute atomic E-state index is 13.9. The number of guanidine groups is 3. The van der Waals surface area contributed by atoms with Gasteiger partial charge in [-0.3, -0.25) is 54.2 Å². The van der Waals surface area contributed by atoms with Crippen LogP contribution in [0.4, 0.5) is 0 Å². The van der Waals surface area contributed by atoms with Crippen LogP contribution in [0.1, 0.15) is 76.7 Å². The van der Waals surface area contributed by atoms with Crippen molar-refractivity contribution in [3.05, 3.63) is 29.8 Å². The van der Waals surface area contributed by atoms with Crippen molar-refractivity contribution in [1.29, 1.82) is 0 Å². The fourth-order valence-corrected chi connectivity index (χ4v) is 6.51. The lowest BCUT2D eigenvalue weighted by Crippen LogP contribution is -2.61. The van der Waals surface area contributed by atoms with Gasteiger partial charge in [-0.1, -0.05) is 12.1 Å². The molecular formula is C41H74N18O12. The van der Waals surface area contributed by atoms with Gasteiger partial charge in [0.1, 0.15) is 42.0 Å². The summed E-state index contributed by atoms with van der Waals surface area (Å²) in [5, 5.41) is 63.2. The molecule has 400 valence electrons. The second-order valence-electron chi connectivity index (χ2n) is 16.2. The number of carbonyl (C=O) groups is 7.